The van der Waals surface area contributed by atoms with Crippen LogP contribution in [0.1, 0.15) is 11.1 Å². The maximum atomic E-state index is 13.1. The molecule has 0 aliphatic heterocycles. The van der Waals surface area contributed by atoms with E-state index in [0.29, 0.717) is 12.1 Å². The third-order valence-corrected chi connectivity index (χ3v) is 3.81. The Bertz CT molecular complexity index is 939. The van der Waals surface area contributed by atoms with Crippen LogP contribution >= 0.6 is 22.6 Å². The van der Waals surface area contributed by atoms with Crippen LogP contribution in [0.4, 0.5) is 51.6 Å². The summed E-state index contributed by atoms with van der Waals surface area (Å²) in [5, 5.41) is 4.17. The number of anilines is 2. The third-order valence-electron chi connectivity index (χ3n) is 3.50. The van der Waals surface area contributed by atoms with Crippen LogP contribution < -0.4 is 20.1 Å². The number of halogens is 9. The molecule has 0 aliphatic rings. The average Bonchev–Trinajstić information content (AvgIpc) is 2.65. The standard InChI is InChI=1S/C17H13F8IN4O3/c1-8-11(32-6-15(18,19)20)28-13(29-12(8)33-7-16(21,22)26)30-14(31)27-10-4-2-9(3-5-10)17(23,24)25/h2-5H,6-7H2,1H3,(H2,27,28,29,30,31). The summed E-state index contributed by atoms with van der Waals surface area (Å²) in [6, 6.07) is 2.22. The van der Waals surface area contributed by atoms with Gasteiger partial charge in [0.15, 0.2) is 13.2 Å². The lowest BCUT2D eigenvalue weighted by atomic mass is 10.2. The van der Waals surface area contributed by atoms with Crippen LogP contribution in [-0.4, -0.2) is 39.3 Å². The van der Waals surface area contributed by atoms with Gasteiger partial charge >= 0.3 is 22.3 Å². The van der Waals surface area contributed by atoms with E-state index < -0.39 is 58.8 Å². The third kappa shape index (κ3) is 9.01. The van der Waals surface area contributed by atoms with Crippen LogP contribution in [0.15, 0.2) is 24.3 Å². The smallest absolute Gasteiger partial charge is 0.422 e. The monoisotopic (exact) mass is 600 g/mol. The summed E-state index contributed by atoms with van der Waals surface area (Å²) in [4.78, 5) is 19.3. The number of benzene rings is 1. The van der Waals surface area contributed by atoms with Crippen LogP contribution in [0, 0.1) is 6.92 Å². The summed E-state index contributed by atoms with van der Waals surface area (Å²) in [5.74, 6) is -1.95. The van der Waals surface area contributed by atoms with Crippen LogP contribution in [0.5, 0.6) is 11.8 Å². The first-order valence-electron chi connectivity index (χ1n) is 8.56. The maximum absolute atomic E-state index is 13.1. The van der Waals surface area contributed by atoms with E-state index in [2.05, 4.69) is 20.0 Å². The van der Waals surface area contributed by atoms with Crippen molar-refractivity contribution in [1.29, 1.82) is 0 Å². The predicted molar refractivity (Wildman–Crippen MR) is 107 cm³/mol. The Hall–Kier alpha value is -2.66. The quantitative estimate of drug-likeness (QED) is 0.239. The Labute approximate surface area is 194 Å². The van der Waals surface area contributed by atoms with Crippen molar-refractivity contribution in [2.24, 2.45) is 0 Å². The van der Waals surface area contributed by atoms with Gasteiger partial charge in [0.1, 0.15) is 0 Å². The number of rotatable bonds is 7. The molecule has 0 aliphatic carbocycles. The number of nitrogens with zero attached hydrogens (tertiary/aromatic N) is 2. The van der Waals surface area contributed by atoms with Crippen molar-refractivity contribution in [3.8, 4) is 11.8 Å². The summed E-state index contributed by atoms with van der Waals surface area (Å²) in [5.41, 5.74) is -1.27. The molecule has 7 nitrogen and oxygen atoms in total. The number of carbonyl (C=O) groups is 1. The molecule has 1 aromatic carbocycles. The molecule has 0 atom stereocenters. The minimum atomic E-state index is -4.75. The van der Waals surface area contributed by atoms with Crippen LogP contribution in [-0.2, 0) is 6.18 Å². The van der Waals surface area contributed by atoms with Gasteiger partial charge in [-0.25, -0.2) is 4.79 Å². The first-order valence-corrected chi connectivity index (χ1v) is 9.64. The van der Waals surface area contributed by atoms with Crippen molar-refractivity contribution in [1.82, 2.24) is 9.97 Å². The molecule has 0 saturated carbocycles. The molecule has 182 valence electrons. The second-order valence-electron chi connectivity index (χ2n) is 6.24. The number of ether oxygens (including phenoxy) is 2. The number of aromatic nitrogens is 2. The van der Waals surface area contributed by atoms with Crippen molar-refractivity contribution in [2.45, 2.75) is 23.2 Å². The van der Waals surface area contributed by atoms with Gasteiger partial charge in [-0.1, -0.05) is 0 Å². The van der Waals surface area contributed by atoms with E-state index in [9.17, 15) is 39.9 Å². The van der Waals surface area contributed by atoms with Crippen LogP contribution in [0.25, 0.3) is 0 Å². The highest BCUT2D eigenvalue weighted by Crippen LogP contribution is 2.31. The zero-order valence-corrected chi connectivity index (χ0v) is 18.4. The van der Waals surface area contributed by atoms with Gasteiger partial charge in [-0.15, -0.1) is 0 Å². The molecular weight excluding hydrogens is 587 g/mol. The van der Waals surface area contributed by atoms with Gasteiger partial charge in [-0.3, -0.25) is 5.32 Å². The Morgan fingerprint density at radius 1 is 0.909 bits per heavy atom. The van der Waals surface area contributed by atoms with Gasteiger partial charge in [0.2, 0.25) is 17.7 Å². The van der Waals surface area contributed by atoms with Gasteiger partial charge in [-0.05, 0) is 31.2 Å². The van der Waals surface area contributed by atoms with E-state index >= 15 is 0 Å². The zero-order chi connectivity index (χ0) is 25.0. The highest BCUT2D eigenvalue weighted by atomic mass is 127. The summed E-state index contributed by atoms with van der Waals surface area (Å²) < 4.78 is 107. The van der Waals surface area contributed by atoms with Crippen LogP contribution in [0.2, 0.25) is 0 Å². The SMILES string of the molecule is Cc1c(OCC(F)(F)F)nc(NC(=O)Nc2ccc(C(F)(F)F)cc2)nc1OCC(F)(F)I. The van der Waals surface area contributed by atoms with Crippen molar-refractivity contribution in [2.75, 3.05) is 23.8 Å². The number of carbonyl (C=O) groups excluding carboxylic acids is 1. The number of hydrogen-bond acceptors (Lipinski definition) is 5. The molecular formula is C17H13F8IN4O3. The summed E-state index contributed by atoms with van der Waals surface area (Å²) in [6.45, 7) is -1.82. The van der Waals surface area contributed by atoms with Gasteiger partial charge in [-0.2, -0.15) is 45.1 Å². The molecule has 0 bridgehead atoms. The summed E-state index contributed by atoms with van der Waals surface area (Å²) in [6.07, 6.45) is -9.34. The fraction of sp³-hybridized carbons (Fsp3) is 0.353. The summed E-state index contributed by atoms with van der Waals surface area (Å²) in [7, 11) is 0. The number of alkyl halides is 9. The zero-order valence-electron chi connectivity index (χ0n) is 16.2. The highest BCUT2D eigenvalue weighted by Gasteiger charge is 2.31. The topological polar surface area (TPSA) is 85.4 Å². The number of amides is 2. The van der Waals surface area contributed by atoms with E-state index in [1.54, 1.807) is 0 Å². The van der Waals surface area contributed by atoms with Crippen molar-refractivity contribution in [3.05, 3.63) is 35.4 Å². The molecule has 0 radical (unpaired) electrons. The fourth-order valence-electron chi connectivity index (χ4n) is 2.12. The van der Waals surface area contributed by atoms with Gasteiger partial charge < -0.3 is 14.8 Å². The summed E-state index contributed by atoms with van der Waals surface area (Å²) >= 11 is 0.767. The number of hydrogen-bond donors (Lipinski definition) is 2. The Balaban J connectivity index is 2.21. The molecule has 16 heteroatoms. The molecule has 2 rings (SSSR count). The fourth-order valence-corrected chi connectivity index (χ4v) is 2.28. The Morgan fingerprint density at radius 2 is 1.42 bits per heavy atom. The molecule has 2 aromatic rings. The first-order chi connectivity index (χ1) is 15.0. The van der Waals surface area contributed by atoms with E-state index in [4.69, 9.17) is 4.74 Å². The van der Waals surface area contributed by atoms with Crippen molar-refractivity contribution < 1.29 is 49.4 Å². The van der Waals surface area contributed by atoms with Gasteiger partial charge in [0.25, 0.3) is 0 Å². The molecule has 0 unspecified atom stereocenters. The van der Waals surface area contributed by atoms with E-state index in [1.807, 2.05) is 5.32 Å². The van der Waals surface area contributed by atoms with E-state index in [0.717, 1.165) is 41.6 Å². The van der Waals surface area contributed by atoms with E-state index in [1.165, 1.54) is 0 Å². The van der Waals surface area contributed by atoms with Gasteiger partial charge in [0, 0.05) is 28.3 Å². The Morgan fingerprint density at radius 3 is 1.88 bits per heavy atom. The predicted octanol–water partition coefficient (Wildman–Crippen LogP) is 5.80. The molecule has 1 heterocycles. The molecule has 2 amide bonds. The second-order valence-corrected chi connectivity index (χ2v) is 7.82. The molecule has 33 heavy (non-hydrogen) atoms. The second kappa shape index (κ2) is 10.1. The molecule has 0 spiro atoms. The average molecular weight is 600 g/mol. The molecule has 0 fully saturated rings. The van der Waals surface area contributed by atoms with Crippen LogP contribution in [0.3, 0.4) is 0 Å². The Kier molecular flexibility index (Phi) is 8.13. The lowest BCUT2D eigenvalue weighted by molar-refractivity contribution is -0.154. The molecule has 2 N–H and O–H groups in total. The minimum Gasteiger partial charge on any atom is -0.470 e. The number of urea groups is 1. The highest BCUT2D eigenvalue weighted by molar-refractivity contribution is 14.1. The first kappa shape index (κ1) is 26.6. The van der Waals surface area contributed by atoms with E-state index in [-0.39, 0.29) is 11.3 Å². The van der Waals surface area contributed by atoms with Crippen molar-refractivity contribution >= 4 is 40.3 Å². The van der Waals surface area contributed by atoms with Gasteiger partial charge in [0.05, 0.1) is 11.1 Å². The van der Waals surface area contributed by atoms with Crippen molar-refractivity contribution in [3.63, 3.8) is 0 Å². The normalized spacial score (nSPS) is 12.3. The molecule has 0 saturated heterocycles. The largest absolute Gasteiger partial charge is 0.470 e. The maximum Gasteiger partial charge on any atom is 0.422 e. The number of nitrogens with one attached hydrogen (secondary N) is 2. The molecule has 1 aromatic heterocycles. The minimum absolute atomic E-state index is 0.0674. The lowest BCUT2D eigenvalue weighted by Gasteiger charge is -2.16. The lowest BCUT2D eigenvalue weighted by Crippen LogP contribution is -2.24.